The fourth-order valence-corrected chi connectivity index (χ4v) is 4.32. The van der Waals surface area contributed by atoms with Crippen LogP contribution in [0.1, 0.15) is 26.3 Å². The molecule has 1 aliphatic heterocycles. The van der Waals surface area contributed by atoms with Gasteiger partial charge in [-0.1, -0.05) is 24.3 Å². The molecule has 2 heterocycles. The lowest BCUT2D eigenvalue weighted by molar-refractivity contribution is 0.0772. The van der Waals surface area contributed by atoms with Crippen molar-refractivity contribution in [2.24, 2.45) is 0 Å². The molecular formula is C22H21N3O3S. The maximum atomic E-state index is 13.0. The van der Waals surface area contributed by atoms with Crippen molar-refractivity contribution in [3.05, 3.63) is 75.6 Å². The molecule has 0 aliphatic carbocycles. The number of carbonyl (C=O) groups is 2. The molecule has 6 nitrogen and oxygen atoms in total. The first-order valence-electron chi connectivity index (χ1n) is 9.44. The lowest BCUT2D eigenvalue weighted by Crippen LogP contribution is -2.37. The van der Waals surface area contributed by atoms with Gasteiger partial charge in [0.05, 0.1) is 5.56 Å². The number of para-hydroxylation sites is 1. The minimum absolute atomic E-state index is 0.0256. The Hall–Kier alpha value is -3.06. The van der Waals surface area contributed by atoms with E-state index >= 15 is 0 Å². The van der Waals surface area contributed by atoms with Crippen molar-refractivity contribution in [3.63, 3.8) is 0 Å². The van der Waals surface area contributed by atoms with Crippen molar-refractivity contribution in [1.82, 2.24) is 9.88 Å². The van der Waals surface area contributed by atoms with Crippen molar-refractivity contribution in [3.8, 4) is 0 Å². The molecule has 4 rings (SSSR count). The number of rotatable bonds is 3. The number of pyridine rings is 1. The lowest BCUT2D eigenvalue weighted by Gasteiger charge is -2.26. The van der Waals surface area contributed by atoms with Crippen molar-refractivity contribution in [1.29, 1.82) is 0 Å². The lowest BCUT2D eigenvalue weighted by atomic mass is 10.1. The highest BCUT2D eigenvalue weighted by Gasteiger charge is 2.20. The minimum atomic E-state index is -0.380. The van der Waals surface area contributed by atoms with Gasteiger partial charge in [0, 0.05) is 52.8 Å². The number of hydrogen-bond donors (Lipinski definition) is 2. The number of thioether (sulfide) groups is 1. The van der Waals surface area contributed by atoms with Crippen LogP contribution in [0.5, 0.6) is 0 Å². The molecule has 1 aliphatic rings. The normalized spacial score (nSPS) is 14.0. The molecular weight excluding hydrogens is 386 g/mol. The Morgan fingerprint density at radius 2 is 1.83 bits per heavy atom. The summed E-state index contributed by atoms with van der Waals surface area (Å²) in [5.41, 5.74) is 2.53. The summed E-state index contributed by atoms with van der Waals surface area (Å²) in [6.07, 6.45) is 0. The van der Waals surface area contributed by atoms with E-state index in [0.29, 0.717) is 27.7 Å². The molecule has 3 aromatic rings. The monoisotopic (exact) mass is 407 g/mol. The second kappa shape index (κ2) is 8.13. The van der Waals surface area contributed by atoms with Gasteiger partial charge in [-0.05, 0) is 30.7 Å². The van der Waals surface area contributed by atoms with Crippen LogP contribution in [0.4, 0.5) is 5.69 Å². The zero-order chi connectivity index (χ0) is 20.4. The average molecular weight is 407 g/mol. The SMILES string of the molecule is Cc1ccc(C(=O)N2CCSCC2)cc1NC(=O)c1cc(=O)[nH]c2ccccc12. The van der Waals surface area contributed by atoms with Gasteiger partial charge in [-0.15, -0.1) is 0 Å². The Labute approximate surface area is 172 Å². The summed E-state index contributed by atoms with van der Waals surface area (Å²) < 4.78 is 0. The summed E-state index contributed by atoms with van der Waals surface area (Å²) in [5, 5.41) is 3.54. The number of hydrogen-bond acceptors (Lipinski definition) is 4. The number of aryl methyl sites for hydroxylation is 1. The molecule has 1 aromatic heterocycles. The quantitative estimate of drug-likeness (QED) is 0.698. The van der Waals surface area contributed by atoms with Gasteiger partial charge in [-0.25, -0.2) is 0 Å². The van der Waals surface area contributed by atoms with E-state index < -0.39 is 0 Å². The van der Waals surface area contributed by atoms with E-state index in [0.717, 1.165) is 30.2 Å². The molecule has 0 radical (unpaired) electrons. The van der Waals surface area contributed by atoms with Crippen LogP contribution in [0.2, 0.25) is 0 Å². The van der Waals surface area contributed by atoms with Crippen molar-refractivity contribution >= 4 is 40.2 Å². The van der Waals surface area contributed by atoms with Crippen LogP contribution < -0.4 is 10.9 Å². The van der Waals surface area contributed by atoms with Gasteiger partial charge in [0.15, 0.2) is 0 Å². The second-order valence-electron chi connectivity index (χ2n) is 6.98. The number of fused-ring (bicyclic) bond motifs is 1. The third kappa shape index (κ3) is 4.05. The average Bonchev–Trinajstić information content (AvgIpc) is 2.74. The van der Waals surface area contributed by atoms with Crippen LogP contribution >= 0.6 is 11.8 Å². The van der Waals surface area contributed by atoms with E-state index in [1.54, 1.807) is 30.3 Å². The Morgan fingerprint density at radius 1 is 1.07 bits per heavy atom. The largest absolute Gasteiger partial charge is 0.337 e. The molecule has 1 saturated heterocycles. The molecule has 0 spiro atoms. The number of nitrogens with zero attached hydrogens (tertiary/aromatic N) is 1. The zero-order valence-electron chi connectivity index (χ0n) is 16.0. The molecule has 7 heteroatoms. The number of aromatic nitrogens is 1. The predicted molar refractivity (Wildman–Crippen MR) is 117 cm³/mol. The maximum Gasteiger partial charge on any atom is 0.256 e. The summed E-state index contributed by atoms with van der Waals surface area (Å²) in [6.45, 7) is 3.34. The van der Waals surface area contributed by atoms with E-state index in [-0.39, 0.29) is 17.4 Å². The van der Waals surface area contributed by atoms with E-state index in [4.69, 9.17) is 0 Å². The molecule has 2 amide bonds. The van der Waals surface area contributed by atoms with Crippen LogP contribution in [0.25, 0.3) is 10.9 Å². The van der Waals surface area contributed by atoms with Gasteiger partial charge in [0.25, 0.3) is 11.8 Å². The van der Waals surface area contributed by atoms with Gasteiger partial charge in [0.1, 0.15) is 0 Å². The topological polar surface area (TPSA) is 82.3 Å². The highest BCUT2D eigenvalue weighted by molar-refractivity contribution is 7.99. The van der Waals surface area contributed by atoms with Crippen LogP contribution in [0.3, 0.4) is 0 Å². The van der Waals surface area contributed by atoms with E-state index in [9.17, 15) is 14.4 Å². The van der Waals surface area contributed by atoms with Gasteiger partial charge >= 0.3 is 0 Å². The molecule has 0 atom stereocenters. The van der Waals surface area contributed by atoms with Crippen LogP contribution in [-0.2, 0) is 0 Å². The molecule has 0 saturated carbocycles. The number of H-pyrrole nitrogens is 1. The third-order valence-corrected chi connectivity index (χ3v) is 5.97. The number of amides is 2. The Balaban J connectivity index is 1.63. The first-order valence-corrected chi connectivity index (χ1v) is 10.6. The first-order chi connectivity index (χ1) is 14.0. The number of benzene rings is 2. The smallest absolute Gasteiger partial charge is 0.256 e. The highest BCUT2D eigenvalue weighted by atomic mass is 32.2. The van der Waals surface area contributed by atoms with Crippen molar-refractivity contribution in [2.75, 3.05) is 29.9 Å². The van der Waals surface area contributed by atoms with E-state index in [1.165, 1.54) is 6.07 Å². The van der Waals surface area contributed by atoms with Gasteiger partial charge in [0.2, 0.25) is 5.56 Å². The zero-order valence-corrected chi connectivity index (χ0v) is 16.8. The van der Waals surface area contributed by atoms with E-state index in [1.807, 2.05) is 35.7 Å². The molecule has 2 aromatic carbocycles. The Kier molecular flexibility index (Phi) is 5.40. The van der Waals surface area contributed by atoms with Crippen LogP contribution in [0, 0.1) is 6.92 Å². The fourth-order valence-electron chi connectivity index (χ4n) is 3.42. The highest BCUT2D eigenvalue weighted by Crippen LogP contribution is 2.22. The van der Waals surface area contributed by atoms with Gasteiger partial charge < -0.3 is 15.2 Å². The number of carbonyl (C=O) groups excluding carboxylic acids is 2. The fraction of sp³-hybridized carbons (Fsp3) is 0.227. The molecule has 2 N–H and O–H groups in total. The van der Waals surface area contributed by atoms with Crippen LogP contribution in [0.15, 0.2) is 53.3 Å². The first kappa shape index (κ1) is 19.3. The van der Waals surface area contributed by atoms with Gasteiger partial charge in [-0.3, -0.25) is 14.4 Å². The molecule has 0 bridgehead atoms. The van der Waals surface area contributed by atoms with E-state index in [2.05, 4.69) is 10.3 Å². The summed E-state index contributed by atoms with van der Waals surface area (Å²) in [7, 11) is 0. The molecule has 1 fully saturated rings. The molecule has 148 valence electrons. The number of nitrogens with one attached hydrogen (secondary N) is 2. The Morgan fingerprint density at radius 3 is 2.62 bits per heavy atom. The van der Waals surface area contributed by atoms with Gasteiger partial charge in [-0.2, -0.15) is 11.8 Å². The molecule has 0 unspecified atom stereocenters. The van der Waals surface area contributed by atoms with Crippen LogP contribution in [-0.4, -0.2) is 46.3 Å². The minimum Gasteiger partial charge on any atom is -0.337 e. The summed E-state index contributed by atoms with van der Waals surface area (Å²) in [5.74, 6) is 1.48. The third-order valence-electron chi connectivity index (χ3n) is 5.03. The van der Waals surface area contributed by atoms with Crippen molar-refractivity contribution < 1.29 is 9.59 Å². The van der Waals surface area contributed by atoms with Crippen molar-refractivity contribution in [2.45, 2.75) is 6.92 Å². The number of aromatic amines is 1. The second-order valence-corrected chi connectivity index (χ2v) is 8.21. The predicted octanol–water partition coefficient (Wildman–Crippen LogP) is 3.28. The summed E-state index contributed by atoms with van der Waals surface area (Å²) in [6, 6.07) is 13.8. The Bertz CT molecular complexity index is 1150. The summed E-state index contributed by atoms with van der Waals surface area (Å²) in [4.78, 5) is 42.3. The molecule has 29 heavy (non-hydrogen) atoms. The number of anilines is 1. The summed E-state index contributed by atoms with van der Waals surface area (Å²) >= 11 is 1.85. The maximum absolute atomic E-state index is 13.0. The standard InChI is InChI=1S/C22H21N3O3S/c1-14-6-7-15(22(28)25-8-10-29-11-9-25)12-19(14)24-21(27)17-13-20(26)23-18-5-3-2-4-16(17)18/h2-7,12-13H,8-11H2,1H3,(H,23,26)(H,24,27).